The van der Waals surface area contributed by atoms with E-state index in [4.69, 9.17) is 0 Å². The SMILES string of the molecule is CCCCN(CC1CC1(C)c1ccccc1)C(=O)CC. The van der Waals surface area contributed by atoms with Crippen molar-refractivity contribution in [3.63, 3.8) is 0 Å². The van der Waals surface area contributed by atoms with Gasteiger partial charge in [-0.3, -0.25) is 4.79 Å². The Morgan fingerprint density at radius 1 is 1.30 bits per heavy atom. The molecule has 0 spiro atoms. The third-order valence-electron chi connectivity index (χ3n) is 4.72. The molecule has 0 N–H and O–H groups in total. The second-order valence-electron chi connectivity index (χ2n) is 6.23. The van der Waals surface area contributed by atoms with Crippen LogP contribution in [0.2, 0.25) is 0 Å². The number of unbranched alkanes of at least 4 members (excludes halogenated alkanes) is 1. The molecule has 0 aliphatic heterocycles. The van der Waals surface area contributed by atoms with E-state index in [1.54, 1.807) is 0 Å². The zero-order chi connectivity index (χ0) is 14.6. The first-order valence-corrected chi connectivity index (χ1v) is 7.95. The molecule has 2 atom stereocenters. The highest BCUT2D eigenvalue weighted by Gasteiger charge is 2.51. The number of carbonyl (C=O) groups excluding carboxylic acids is 1. The summed E-state index contributed by atoms with van der Waals surface area (Å²) in [5.74, 6) is 0.929. The summed E-state index contributed by atoms with van der Waals surface area (Å²) in [6.07, 6.45) is 4.09. The normalized spacial score (nSPS) is 24.4. The molecule has 0 heterocycles. The van der Waals surface area contributed by atoms with Crippen LogP contribution in [0, 0.1) is 5.92 Å². The zero-order valence-corrected chi connectivity index (χ0v) is 13.1. The van der Waals surface area contributed by atoms with E-state index in [0.717, 1.165) is 25.9 Å². The lowest BCUT2D eigenvalue weighted by atomic mass is 9.95. The summed E-state index contributed by atoms with van der Waals surface area (Å²) in [5, 5.41) is 0. The average molecular weight is 273 g/mol. The zero-order valence-electron chi connectivity index (χ0n) is 13.1. The van der Waals surface area contributed by atoms with E-state index in [9.17, 15) is 4.79 Å². The predicted molar refractivity (Wildman–Crippen MR) is 83.7 cm³/mol. The fourth-order valence-corrected chi connectivity index (χ4v) is 3.05. The van der Waals surface area contributed by atoms with E-state index in [-0.39, 0.29) is 5.41 Å². The molecule has 0 aromatic heterocycles. The maximum atomic E-state index is 12.1. The number of benzene rings is 1. The first-order chi connectivity index (χ1) is 9.61. The van der Waals surface area contributed by atoms with Crippen molar-refractivity contribution in [3.8, 4) is 0 Å². The van der Waals surface area contributed by atoms with E-state index in [1.807, 2.05) is 6.92 Å². The van der Waals surface area contributed by atoms with Crippen LogP contribution in [0.4, 0.5) is 0 Å². The molecule has 1 amide bonds. The van der Waals surface area contributed by atoms with Crippen molar-refractivity contribution in [2.75, 3.05) is 13.1 Å². The summed E-state index contributed by atoms with van der Waals surface area (Å²) in [5.41, 5.74) is 1.70. The molecule has 1 aliphatic carbocycles. The van der Waals surface area contributed by atoms with Crippen molar-refractivity contribution in [2.24, 2.45) is 5.92 Å². The van der Waals surface area contributed by atoms with Gasteiger partial charge in [-0.15, -0.1) is 0 Å². The summed E-state index contributed by atoms with van der Waals surface area (Å²) in [7, 11) is 0. The Labute approximate surface area is 123 Å². The van der Waals surface area contributed by atoms with Crippen LogP contribution in [0.15, 0.2) is 30.3 Å². The van der Waals surface area contributed by atoms with Crippen LogP contribution in [0.3, 0.4) is 0 Å². The van der Waals surface area contributed by atoms with Crippen molar-refractivity contribution in [1.29, 1.82) is 0 Å². The van der Waals surface area contributed by atoms with E-state index in [1.165, 1.54) is 12.0 Å². The molecular weight excluding hydrogens is 246 g/mol. The standard InChI is InChI=1S/C18H27NO/c1-4-6-12-19(17(20)5-2)14-16-13-18(16,3)15-10-8-7-9-11-15/h7-11,16H,4-6,12-14H2,1-3H3. The largest absolute Gasteiger partial charge is 0.342 e. The fraction of sp³-hybridized carbons (Fsp3) is 0.611. The van der Waals surface area contributed by atoms with E-state index in [2.05, 4.69) is 49.1 Å². The maximum absolute atomic E-state index is 12.1. The highest BCUT2D eigenvalue weighted by Crippen LogP contribution is 2.54. The van der Waals surface area contributed by atoms with Crippen LogP contribution in [0.25, 0.3) is 0 Å². The van der Waals surface area contributed by atoms with Gasteiger partial charge in [-0.05, 0) is 29.7 Å². The Hall–Kier alpha value is -1.31. The molecular formula is C18H27NO. The van der Waals surface area contributed by atoms with Gasteiger partial charge in [0.05, 0.1) is 0 Å². The van der Waals surface area contributed by atoms with Crippen LogP contribution in [-0.2, 0) is 10.2 Å². The molecule has 1 aromatic carbocycles. The molecule has 0 saturated heterocycles. The average Bonchev–Trinajstić information content (AvgIpc) is 3.15. The van der Waals surface area contributed by atoms with Crippen LogP contribution >= 0.6 is 0 Å². The fourth-order valence-electron chi connectivity index (χ4n) is 3.05. The van der Waals surface area contributed by atoms with Crippen molar-refractivity contribution in [2.45, 2.75) is 51.9 Å². The molecule has 0 bridgehead atoms. The number of hydrogen-bond acceptors (Lipinski definition) is 1. The predicted octanol–water partition coefficient (Wildman–Crippen LogP) is 4.00. The van der Waals surface area contributed by atoms with Gasteiger partial charge in [-0.1, -0.05) is 57.5 Å². The number of carbonyl (C=O) groups is 1. The molecule has 1 aromatic rings. The van der Waals surface area contributed by atoms with Gasteiger partial charge in [0.2, 0.25) is 5.91 Å². The molecule has 2 unspecified atom stereocenters. The minimum atomic E-state index is 0.278. The van der Waals surface area contributed by atoms with Crippen molar-refractivity contribution in [3.05, 3.63) is 35.9 Å². The van der Waals surface area contributed by atoms with E-state index >= 15 is 0 Å². The highest BCUT2D eigenvalue weighted by atomic mass is 16.2. The second kappa shape index (κ2) is 6.43. The number of rotatable bonds is 7. The maximum Gasteiger partial charge on any atom is 0.222 e. The van der Waals surface area contributed by atoms with Crippen LogP contribution < -0.4 is 0 Å². The quantitative estimate of drug-likeness (QED) is 0.735. The molecule has 2 nitrogen and oxygen atoms in total. The van der Waals surface area contributed by atoms with Crippen molar-refractivity contribution < 1.29 is 4.79 Å². The minimum Gasteiger partial charge on any atom is -0.342 e. The third kappa shape index (κ3) is 3.23. The number of amides is 1. The number of hydrogen-bond donors (Lipinski definition) is 0. The van der Waals surface area contributed by atoms with Crippen LogP contribution in [0.1, 0.15) is 52.0 Å². The highest BCUT2D eigenvalue weighted by molar-refractivity contribution is 5.75. The summed E-state index contributed by atoms with van der Waals surface area (Å²) >= 11 is 0. The summed E-state index contributed by atoms with van der Waals surface area (Å²) < 4.78 is 0. The monoisotopic (exact) mass is 273 g/mol. The Balaban J connectivity index is 1.98. The van der Waals surface area contributed by atoms with Gasteiger partial charge in [0.15, 0.2) is 0 Å². The summed E-state index contributed by atoms with van der Waals surface area (Å²) in [4.78, 5) is 14.1. The van der Waals surface area contributed by atoms with Crippen LogP contribution in [0.5, 0.6) is 0 Å². The molecule has 0 radical (unpaired) electrons. The smallest absolute Gasteiger partial charge is 0.222 e. The Bertz CT molecular complexity index is 442. The molecule has 2 rings (SSSR count). The molecule has 2 heteroatoms. The Kier molecular flexibility index (Phi) is 4.85. The van der Waals surface area contributed by atoms with Gasteiger partial charge in [0, 0.05) is 19.5 Å². The lowest BCUT2D eigenvalue weighted by molar-refractivity contribution is -0.131. The second-order valence-corrected chi connectivity index (χ2v) is 6.23. The van der Waals surface area contributed by atoms with Crippen molar-refractivity contribution >= 4 is 5.91 Å². The first kappa shape index (κ1) is 15.1. The molecule has 1 fully saturated rings. The molecule has 110 valence electrons. The lowest BCUT2D eigenvalue weighted by Crippen LogP contribution is -2.34. The summed E-state index contributed by atoms with van der Waals surface area (Å²) in [6, 6.07) is 10.7. The van der Waals surface area contributed by atoms with Crippen molar-refractivity contribution in [1.82, 2.24) is 4.90 Å². The topological polar surface area (TPSA) is 20.3 Å². The third-order valence-corrected chi connectivity index (χ3v) is 4.72. The molecule has 20 heavy (non-hydrogen) atoms. The number of nitrogens with zero attached hydrogens (tertiary/aromatic N) is 1. The van der Waals surface area contributed by atoms with E-state index < -0.39 is 0 Å². The molecule has 1 aliphatic rings. The first-order valence-electron chi connectivity index (χ1n) is 7.95. The Morgan fingerprint density at radius 2 is 2.00 bits per heavy atom. The van der Waals surface area contributed by atoms with Gasteiger partial charge in [-0.2, -0.15) is 0 Å². The van der Waals surface area contributed by atoms with Gasteiger partial charge >= 0.3 is 0 Å². The van der Waals surface area contributed by atoms with Crippen LogP contribution in [-0.4, -0.2) is 23.9 Å². The molecule has 1 saturated carbocycles. The van der Waals surface area contributed by atoms with Gasteiger partial charge in [-0.25, -0.2) is 0 Å². The Morgan fingerprint density at radius 3 is 2.60 bits per heavy atom. The summed E-state index contributed by atoms with van der Waals surface area (Å²) in [6.45, 7) is 8.33. The van der Waals surface area contributed by atoms with E-state index in [0.29, 0.717) is 18.2 Å². The van der Waals surface area contributed by atoms with Gasteiger partial charge in [0.1, 0.15) is 0 Å². The van der Waals surface area contributed by atoms with Gasteiger partial charge in [0.25, 0.3) is 0 Å². The van der Waals surface area contributed by atoms with Gasteiger partial charge < -0.3 is 4.90 Å². The minimum absolute atomic E-state index is 0.278. The lowest BCUT2D eigenvalue weighted by Gasteiger charge is -2.23.